The summed E-state index contributed by atoms with van der Waals surface area (Å²) >= 11 is 1.65. The van der Waals surface area contributed by atoms with E-state index < -0.39 is 0 Å². The molecule has 1 aromatic heterocycles. The van der Waals surface area contributed by atoms with E-state index in [1.807, 2.05) is 32.0 Å². The van der Waals surface area contributed by atoms with E-state index in [0.717, 1.165) is 20.9 Å². The van der Waals surface area contributed by atoms with Gasteiger partial charge in [-0.15, -0.1) is 17.9 Å². The van der Waals surface area contributed by atoms with Gasteiger partial charge in [0.1, 0.15) is 6.04 Å². The predicted molar refractivity (Wildman–Crippen MR) is 80.6 cm³/mol. The SMILES string of the molecule is C=CCNC(=O)[C@H](C)Nc1ccc2nc(C)sc2c1. The number of aromatic nitrogens is 1. The lowest BCUT2D eigenvalue weighted by molar-refractivity contribution is -0.121. The number of amides is 1. The molecule has 1 atom stereocenters. The van der Waals surface area contributed by atoms with Crippen molar-refractivity contribution >= 4 is 33.1 Å². The van der Waals surface area contributed by atoms with Gasteiger partial charge in [-0.2, -0.15) is 0 Å². The Kier molecular flexibility index (Phi) is 4.16. The number of aryl methyl sites for hydroxylation is 1. The van der Waals surface area contributed by atoms with Gasteiger partial charge in [0.05, 0.1) is 15.2 Å². The third-order valence-electron chi connectivity index (χ3n) is 2.69. The van der Waals surface area contributed by atoms with Gasteiger partial charge in [-0.05, 0) is 32.0 Å². The van der Waals surface area contributed by atoms with E-state index in [0.29, 0.717) is 6.54 Å². The fraction of sp³-hybridized carbons (Fsp3) is 0.286. The molecule has 2 aromatic rings. The van der Waals surface area contributed by atoms with E-state index in [2.05, 4.69) is 22.2 Å². The van der Waals surface area contributed by atoms with Gasteiger partial charge in [-0.1, -0.05) is 6.08 Å². The molecule has 1 aromatic carbocycles. The molecule has 0 saturated carbocycles. The molecule has 0 aliphatic carbocycles. The third kappa shape index (κ3) is 3.32. The Balaban J connectivity index is 2.07. The van der Waals surface area contributed by atoms with Gasteiger partial charge in [0.2, 0.25) is 5.91 Å². The number of hydrogen-bond acceptors (Lipinski definition) is 4. The fourth-order valence-corrected chi connectivity index (χ4v) is 2.64. The molecule has 1 amide bonds. The molecule has 0 saturated heterocycles. The minimum atomic E-state index is -0.286. The van der Waals surface area contributed by atoms with Crippen LogP contribution >= 0.6 is 11.3 Å². The van der Waals surface area contributed by atoms with Gasteiger partial charge < -0.3 is 10.6 Å². The molecular weight excluding hydrogens is 258 g/mol. The Hall–Kier alpha value is -1.88. The fourth-order valence-electron chi connectivity index (χ4n) is 1.77. The lowest BCUT2D eigenvalue weighted by Gasteiger charge is -2.14. The van der Waals surface area contributed by atoms with Crippen LogP contribution in [0.3, 0.4) is 0 Å². The van der Waals surface area contributed by atoms with Crippen LogP contribution in [0.1, 0.15) is 11.9 Å². The zero-order valence-corrected chi connectivity index (χ0v) is 11.9. The van der Waals surface area contributed by atoms with Crippen molar-refractivity contribution in [3.8, 4) is 0 Å². The molecule has 100 valence electrons. The van der Waals surface area contributed by atoms with Crippen molar-refractivity contribution < 1.29 is 4.79 Å². The largest absolute Gasteiger partial charge is 0.374 e. The second-order valence-corrected chi connectivity index (χ2v) is 5.55. The Bertz CT molecular complexity index is 606. The summed E-state index contributed by atoms with van der Waals surface area (Å²) in [7, 11) is 0. The van der Waals surface area contributed by atoms with Crippen LogP contribution in [0.15, 0.2) is 30.9 Å². The second kappa shape index (κ2) is 5.84. The molecule has 0 aliphatic heterocycles. The van der Waals surface area contributed by atoms with Crippen molar-refractivity contribution in [2.24, 2.45) is 0 Å². The number of benzene rings is 1. The number of thiazole rings is 1. The first-order chi connectivity index (χ1) is 9.10. The zero-order chi connectivity index (χ0) is 13.8. The quantitative estimate of drug-likeness (QED) is 0.825. The number of fused-ring (bicyclic) bond motifs is 1. The Morgan fingerprint density at radius 1 is 1.58 bits per heavy atom. The highest BCUT2D eigenvalue weighted by molar-refractivity contribution is 7.18. The molecule has 5 heteroatoms. The highest BCUT2D eigenvalue weighted by Crippen LogP contribution is 2.24. The lowest BCUT2D eigenvalue weighted by atomic mass is 10.2. The van der Waals surface area contributed by atoms with Crippen molar-refractivity contribution in [3.63, 3.8) is 0 Å². The van der Waals surface area contributed by atoms with E-state index in [1.165, 1.54) is 0 Å². The maximum Gasteiger partial charge on any atom is 0.242 e. The molecule has 1 heterocycles. The second-order valence-electron chi connectivity index (χ2n) is 4.32. The summed E-state index contributed by atoms with van der Waals surface area (Å²) in [6.07, 6.45) is 1.66. The van der Waals surface area contributed by atoms with Crippen LogP contribution in [0.25, 0.3) is 10.2 Å². The van der Waals surface area contributed by atoms with E-state index in [-0.39, 0.29) is 11.9 Å². The van der Waals surface area contributed by atoms with Crippen molar-refractivity contribution in [2.75, 3.05) is 11.9 Å². The molecule has 0 spiro atoms. The summed E-state index contributed by atoms with van der Waals surface area (Å²) in [4.78, 5) is 16.2. The average Bonchev–Trinajstić information content (AvgIpc) is 2.75. The third-order valence-corrected chi connectivity index (χ3v) is 3.63. The first-order valence-corrected chi connectivity index (χ1v) is 6.94. The minimum absolute atomic E-state index is 0.0412. The van der Waals surface area contributed by atoms with Crippen molar-refractivity contribution in [3.05, 3.63) is 35.9 Å². The van der Waals surface area contributed by atoms with Gasteiger partial charge in [0.15, 0.2) is 0 Å². The van der Waals surface area contributed by atoms with Crippen LogP contribution in [0.5, 0.6) is 0 Å². The molecule has 0 aliphatic rings. The topological polar surface area (TPSA) is 54.0 Å². The first kappa shape index (κ1) is 13.5. The standard InChI is InChI=1S/C14H17N3OS/c1-4-7-15-14(18)9(2)16-11-5-6-12-13(8-11)19-10(3)17-12/h4-6,8-9,16H,1,7H2,2-3H3,(H,15,18)/t9-/m0/s1. The maximum atomic E-state index is 11.7. The molecule has 2 N–H and O–H groups in total. The molecule has 0 bridgehead atoms. The molecule has 4 nitrogen and oxygen atoms in total. The van der Waals surface area contributed by atoms with Crippen molar-refractivity contribution in [1.29, 1.82) is 0 Å². The summed E-state index contributed by atoms with van der Waals surface area (Å²) in [6.45, 7) is 7.88. The van der Waals surface area contributed by atoms with Crippen molar-refractivity contribution in [1.82, 2.24) is 10.3 Å². The molecule has 0 unspecified atom stereocenters. The Morgan fingerprint density at radius 3 is 3.11 bits per heavy atom. The Morgan fingerprint density at radius 2 is 2.37 bits per heavy atom. The first-order valence-electron chi connectivity index (χ1n) is 6.12. The van der Waals surface area contributed by atoms with Gasteiger partial charge in [0.25, 0.3) is 0 Å². The van der Waals surface area contributed by atoms with E-state index in [1.54, 1.807) is 17.4 Å². The van der Waals surface area contributed by atoms with E-state index in [4.69, 9.17) is 0 Å². The highest BCUT2D eigenvalue weighted by Gasteiger charge is 2.11. The van der Waals surface area contributed by atoms with Crippen LogP contribution in [0.2, 0.25) is 0 Å². The minimum Gasteiger partial charge on any atom is -0.374 e. The maximum absolute atomic E-state index is 11.7. The Labute approximate surface area is 116 Å². The number of hydrogen-bond donors (Lipinski definition) is 2. The van der Waals surface area contributed by atoms with E-state index in [9.17, 15) is 4.79 Å². The van der Waals surface area contributed by atoms with Crippen LogP contribution in [-0.4, -0.2) is 23.5 Å². The monoisotopic (exact) mass is 275 g/mol. The highest BCUT2D eigenvalue weighted by atomic mass is 32.1. The molecule has 19 heavy (non-hydrogen) atoms. The van der Waals surface area contributed by atoms with Crippen LogP contribution in [0, 0.1) is 6.92 Å². The predicted octanol–water partition coefficient (Wildman–Crippen LogP) is 2.71. The lowest BCUT2D eigenvalue weighted by Crippen LogP contribution is -2.37. The number of anilines is 1. The normalized spacial score (nSPS) is 12.1. The molecule has 0 fully saturated rings. The summed E-state index contributed by atoms with van der Waals surface area (Å²) in [5.41, 5.74) is 1.93. The molecule has 2 rings (SSSR count). The summed E-state index contributed by atoms with van der Waals surface area (Å²) in [5.74, 6) is -0.0412. The number of nitrogens with zero attached hydrogens (tertiary/aromatic N) is 1. The van der Waals surface area contributed by atoms with Gasteiger partial charge in [-0.3, -0.25) is 4.79 Å². The van der Waals surface area contributed by atoms with Crippen LogP contribution < -0.4 is 10.6 Å². The van der Waals surface area contributed by atoms with Gasteiger partial charge in [0, 0.05) is 12.2 Å². The molecular formula is C14H17N3OS. The van der Waals surface area contributed by atoms with Crippen LogP contribution in [0.4, 0.5) is 5.69 Å². The van der Waals surface area contributed by atoms with Gasteiger partial charge >= 0.3 is 0 Å². The number of carbonyl (C=O) groups excluding carboxylic acids is 1. The number of nitrogens with one attached hydrogen (secondary N) is 2. The summed E-state index contributed by atoms with van der Waals surface area (Å²) in [6, 6.07) is 5.65. The summed E-state index contributed by atoms with van der Waals surface area (Å²) in [5, 5.41) is 6.99. The average molecular weight is 275 g/mol. The number of rotatable bonds is 5. The zero-order valence-electron chi connectivity index (χ0n) is 11.1. The van der Waals surface area contributed by atoms with Crippen molar-refractivity contribution in [2.45, 2.75) is 19.9 Å². The molecule has 0 radical (unpaired) electrons. The van der Waals surface area contributed by atoms with Crippen LogP contribution in [-0.2, 0) is 4.79 Å². The summed E-state index contributed by atoms with van der Waals surface area (Å²) < 4.78 is 1.13. The number of carbonyl (C=O) groups is 1. The van der Waals surface area contributed by atoms with E-state index >= 15 is 0 Å². The van der Waals surface area contributed by atoms with Gasteiger partial charge in [-0.25, -0.2) is 4.98 Å². The smallest absolute Gasteiger partial charge is 0.242 e.